The van der Waals surface area contributed by atoms with E-state index >= 15 is 0 Å². The van der Waals surface area contributed by atoms with Crippen molar-refractivity contribution in [3.63, 3.8) is 0 Å². The van der Waals surface area contributed by atoms with Gasteiger partial charge in [-0.15, -0.1) is 11.3 Å². The zero-order valence-electron chi connectivity index (χ0n) is 16.4. The number of aryl methyl sites for hydroxylation is 1. The van der Waals surface area contributed by atoms with Crippen LogP contribution in [0.5, 0.6) is 0 Å². The number of aromatic nitrogens is 2. The molecule has 152 valence electrons. The van der Waals surface area contributed by atoms with Crippen LogP contribution >= 0.6 is 39.0 Å². The topological polar surface area (TPSA) is 38.2 Å². The summed E-state index contributed by atoms with van der Waals surface area (Å²) in [6, 6.07) is 12.5. The molecule has 3 heterocycles. The van der Waals surface area contributed by atoms with E-state index < -0.39 is 0 Å². The first-order chi connectivity index (χ1) is 14.2. The van der Waals surface area contributed by atoms with Crippen LogP contribution in [-0.2, 0) is 24.4 Å². The van der Waals surface area contributed by atoms with Crippen molar-refractivity contribution < 1.29 is 4.74 Å². The monoisotopic (exact) mass is 489 g/mol. The summed E-state index contributed by atoms with van der Waals surface area (Å²) in [7, 11) is 0. The molecule has 0 unspecified atom stereocenters. The molecule has 1 aromatic carbocycles. The summed E-state index contributed by atoms with van der Waals surface area (Å²) >= 11 is 7.24. The van der Waals surface area contributed by atoms with E-state index in [4.69, 9.17) is 9.72 Å². The molecule has 1 saturated heterocycles. The van der Waals surface area contributed by atoms with Crippen LogP contribution in [0, 0.1) is 0 Å². The Morgan fingerprint density at radius 2 is 1.90 bits per heavy atom. The van der Waals surface area contributed by atoms with Crippen molar-refractivity contribution in [1.29, 1.82) is 0 Å². The second-order valence-electron chi connectivity index (χ2n) is 6.87. The SMILES string of the molecule is CCc1cc(-c2nc(N3CCSCC3)c(COCc3ccc(Br)cc3)s2)ccn1. The predicted octanol–water partition coefficient (Wildman–Crippen LogP) is 5.80. The summed E-state index contributed by atoms with van der Waals surface area (Å²) in [6.07, 6.45) is 2.81. The number of benzene rings is 1. The van der Waals surface area contributed by atoms with Crippen LogP contribution in [0.1, 0.15) is 23.1 Å². The Morgan fingerprint density at radius 3 is 2.66 bits per heavy atom. The van der Waals surface area contributed by atoms with Crippen LogP contribution in [0.25, 0.3) is 10.6 Å². The lowest BCUT2D eigenvalue weighted by Crippen LogP contribution is -2.33. The summed E-state index contributed by atoms with van der Waals surface area (Å²) in [5.41, 5.74) is 3.42. The van der Waals surface area contributed by atoms with E-state index in [0.717, 1.165) is 57.6 Å². The van der Waals surface area contributed by atoms with Crippen molar-refractivity contribution in [2.45, 2.75) is 26.6 Å². The van der Waals surface area contributed by atoms with Gasteiger partial charge in [-0.2, -0.15) is 11.8 Å². The third-order valence-electron chi connectivity index (χ3n) is 4.83. The van der Waals surface area contributed by atoms with Crippen molar-refractivity contribution in [3.8, 4) is 10.6 Å². The molecule has 0 atom stereocenters. The molecule has 0 aliphatic carbocycles. The molecule has 4 rings (SSSR count). The molecule has 0 N–H and O–H groups in total. The molecule has 2 aromatic heterocycles. The van der Waals surface area contributed by atoms with Gasteiger partial charge >= 0.3 is 0 Å². The largest absolute Gasteiger partial charge is 0.371 e. The van der Waals surface area contributed by atoms with Gasteiger partial charge in [0, 0.05) is 46.5 Å². The minimum atomic E-state index is 0.582. The molecule has 0 bridgehead atoms. The lowest BCUT2D eigenvalue weighted by atomic mass is 10.2. The Bertz CT molecular complexity index is 939. The first-order valence-corrected chi connectivity index (χ1v) is 12.6. The Balaban J connectivity index is 1.54. The molecule has 0 radical (unpaired) electrons. The van der Waals surface area contributed by atoms with E-state index in [9.17, 15) is 0 Å². The highest BCUT2D eigenvalue weighted by molar-refractivity contribution is 9.10. The molecule has 3 aromatic rings. The molecule has 0 saturated carbocycles. The quantitative estimate of drug-likeness (QED) is 0.419. The molecule has 0 amide bonds. The molecule has 7 heteroatoms. The maximum absolute atomic E-state index is 6.08. The number of thioether (sulfide) groups is 1. The number of hydrogen-bond acceptors (Lipinski definition) is 6. The maximum Gasteiger partial charge on any atom is 0.146 e. The van der Waals surface area contributed by atoms with E-state index in [2.05, 4.69) is 69.1 Å². The van der Waals surface area contributed by atoms with Crippen molar-refractivity contribution in [2.75, 3.05) is 29.5 Å². The Morgan fingerprint density at radius 1 is 1.10 bits per heavy atom. The lowest BCUT2D eigenvalue weighted by molar-refractivity contribution is 0.109. The van der Waals surface area contributed by atoms with Crippen LogP contribution in [0.3, 0.4) is 0 Å². The highest BCUT2D eigenvalue weighted by Gasteiger charge is 2.20. The summed E-state index contributed by atoms with van der Waals surface area (Å²) in [5, 5.41) is 1.05. The number of thiazole rings is 1. The van der Waals surface area contributed by atoms with Crippen molar-refractivity contribution in [2.24, 2.45) is 0 Å². The standard InChI is InChI=1S/C22H24BrN3OS2/c1-2-19-13-17(7-8-24-19)22-25-21(26-9-11-28-12-10-26)20(29-22)15-27-14-16-3-5-18(23)6-4-16/h3-8,13H,2,9-12,14-15H2,1H3. The number of pyridine rings is 1. The fraction of sp³-hybridized carbons (Fsp3) is 0.364. The van der Waals surface area contributed by atoms with Crippen LogP contribution in [-0.4, -0.2) is 34.6 Å². The molecule has 0 spiro atoms. The molecular weight excluding hydrogens is 466 g/mol. The molecule has 29 heavy (non-hydrogen) atoms. The minimum absolute atomic E-state index is 0.582. The Labute approximate surface area is 188 Å². The number of ether oxygens (including phenoxy) is 1. The van der Waals surface area contributed by atoms with Gasteiger partial charge in [-0.3, -0.25) is 4.98 Å². The van der Waals surface area contributed by atoms with Gasteiger partial charge in [-0.25, -0.2) is 4.98 Å². The Hall–Kier alpha value is -1.41. The molecular formula is C22H24BrN3OS2. The summed E-state index contributed by atoms with van der Waals surface area (Å²) in [6.45, 7) is 5.41. The van der Waals surface area contributed by atoms with Gasteiger partial charge < -0.3 is 9.64 Å². The first kappa shape index (κ1) is 20.8. The second kappa shape index (κ2) is 10.1. The van der Waals surface area contributed by atoms with Crippen molar-refractivity contribution >= 4 is 44.8 Å². The lowest BCUT2D eigenvalue weighted by Gasteiger charge is -2.27. The number of halogens is 1. The van der Waals surface area contributed by atoms with Gasteiger partial charge in [0.05, 0.1) is 18.1 Å². The van der Waals surface area contributed by atoms with Crippen LogP contribution in [0.15, 0.2) is 47.1 Å². The smallest absolute Gasteiger partial charge is 0.146 e. The number of anilines is 1. The number of nitrogens with zero attached hydrogens (tertiary/aromatic N) is 3. The summed E-state index contributed by atoms with van der Waals surface area (Å²) in [5.74, 6) is 3.40. The second-order valence-corrected chi connectivity index (χ2v) is 10.1. The van der Waals surface area contributed by atoms with Gasteiger partial charge in [0.15, 0.2) is 0 Å². The van der Waals surface area contributed by atoms with Gasteiger partial charge in [0.2, 0.25) is 0 Å². The zero-order chi connectivity index (χ0) is 20.1. The normalized spacial score (nSPS) is 14.3. The highest BCUT2D eigenvalue weighted by atomic mass is 79.9. The third kappa shape index (κ3) is 5.40. The van der Waals surface area contributed by atoms with Crippen LogP contribution < -0.4 is 4.90 Å². The van der Waals surface area contributed by atoms with Gasteiger partial charge in [0.25, 0.3) is 0 Å². The zero-order valence-corrected chi connectivity index (χ0v) is 19.7. The van der Waals surface area contributed by atoms with E-state index in [0.29, 0.717) is 13.2 Å². The summed E-state index contributed by atoms with van der Waals surface area (Å²) in [4.78, 5) is 13.1. The number of hydrogen-bond donors (Lipinski definition) is 0. The number of rotatable bonds is 7. The molecule has 4 nitrogen and oxygen atoms in total. The van der Waals surface area contributed by atoms with E-state index in [-0.39, 0.29) is 0 Å². The van der Waals surface area contributed by atoms with E-state index in [1.807, 2.05) is 18.0 Å². The van der Waals surface area contributed by atoms with Crippen LogP contribution in [0.4, 0.5) is 5.82 Å². The maximum atomic E-state index is 6.08. The first-order valence-electron chi connectivity index (χ1n) is 9.83. The van der Waals surface area contributed by atoms with E-state index in [1.165, 1.54) is 10.4 Å². The van der Waals surface area contributed by atoms with E-state index in [1.54, 1.807) is 11.3 Å². The average molecular weight is 490 g/mol. The minimum Gasteiger partial charge on any atom is -0.371 e. The van der Waals surface area contributed by atoms with Gasteiger partial charge in [0.1, 0.15) is 10.8 Å². The molecule has 1 aliphatic rings. The van der Waals surface area contributed by atoms with Crippen molar-refractivity contribution in [3.05, 3.63) is 63.2 Å². The third-order valence-corrected chi connectivity index (χ3v) is 7.37. The molecule has 1 aliphatic heterocycles. The molecule has 1 fully saturated rings. The fourth-order valence-electron chi connectivity index (χ4n) is 3.23. The highest BCUT2D eigenvalue weighted by Crippen LogP contribution is 2.35. The Kier molecular flexibility index (Phi) is 7.24. The van der Waals surface area contributed by atoms with Crippen LogP contribution in [0.2, 0.25) is 0 Å². The fourth-order valence-corrected chi connectivity index (χ4v) is 5.42. The predicted molar refractivity (Wildman–Crippen MR) is 127 cm³/mol. The van der Waals surface area contributed by atoms with Gasteiger partial charge in [-0.05, 0) is 36.2 Å². The summed E-state index contributed by atoms with van der Waals surface area (Å²) < 4.78 is 7.17. The van der Waals surface area contributed by atoms with Crippen molar-refractivity contribution in [1.82, 2.24) is 9.97 Å². The average Bonchev–Trinajstić information content (AvgIpc) is 3.20. The van der Waals surface area contributed by atoms with Gasteiger partial charge in [-0.1, -0.05) is 35.0 Å².